The molecule has 1 fully saturated rings. The number of carbonyl (C=O) groups excluding carboxylic acids is 3. The number of benzene rings is 1. The van der Waals surface area contributed by atoms with Crippen LogP contribution >= 0.6 is 0 Å². The van der Waals surface area contributed by atoms with Gasteiger partial charge in [0.25, 0.3) is 0 Å². The minimum atomic E-state index is -0.460. The molecule has 2 N–H and O–H groups in total. The summed E-state index contributed by atoms with van der Waals surface area (Å²) in [6.07, 6.45) is 1.69. The van der Waals surface area contributed by atoms with Gasteiger partial charge in [-0.2, -0.15) is 0 Å². The van der Waals surface area contributed by atoms with Crippen LogP contribution in [-0.4, -0.2) is 35.7 Å². The van der Waals surface area contributed by atoms with Gasteiger partial charge in [-0.05, 0) is 44.0 Å². The van der Waals surface area contributed by atoms with Crippen molar-refractivity contribution in [2.24, 2.45) is 5.92 Å². The van der Waals surface area contributed by atoms with Crippen LogP contribution in [0.5, 0.6) is 0 Å². The molecule has 1 aliphatic rings. The Hall–Kier alpha value is -3.09. The fraction of sp³-hybridized carbons (Fsp3) is 0.381. The van der Waals surface area contributed by atoms with Gasteiger partial charge in [-0.25, -0.2) is 0 Å². The summed E-state index contributed by atoms with van der Waals surface area (Å²) >= 11 is 0. The third-order valence-corrected chi connectivity index (χ3v) is 4.88. The van der Waals surface area contributed by atoms with Crippen LogP contribution in [0, 0.1) is 26.7 Å². The molecule has 1 aromatic carbocycles. The molecule has 1 aromatic heterocycles. The van der Waals surface area contributed by atoms with Crippen molar-refractivity contribution in [2.45, 2.75) is 33.7 Å². The molecular formula is C21H25N3O4. The van der Waals surface area contributed by atoms with Crippen LogP contribution in [0.15, 0.2) is 34.9 Å². The number of furan rings is 1. The van der Waals surface area contributed by atoms with Gasteiger partial charge in [0.2, 0.25) is 17.7 Å². The van der Waals surface area contributed by atoms with E-state index >= 15 is 0 Å². The number of rotatable bonds is 6. The van der Waals surface area contributed by atoms with E-state index in [1.54, 1.807) is 23.3 Å². The van der Waals surface area contributed by atoms with Gasteiger partial charge in [0.1, 0.15) is 5.76 Å². The molecule has 2 heterocycles. The average Bonchev–Trinajstić information content (AvgIpc) is 3.26. The van der Waals surface area contributed by atoms with Crippen LogP contribution in [0.1, 0.15) is 28.9 Å². The van der Waals surface area contributed by atoms with Crippen LogP contribution in [0.4, 0.5) is 5.69 Å². The summed E-state index contributed by atoms with van der Waals surface area (Å²) in [7, 11) is 0. The molecule has 7 heteroatoms. The van der Waals surface area contributed by atoms with Gasteiger partial charge in [0, 0.05) is 18.7 Å². The Labute approximate surface area is 164 Å². The molecule has 1 saturated heterocycles. The van der Waals surface area contributed by atoms with E-state index in [1.165, 1.54) is 0 Å². The Morgan fingerprint density at radius 2 is 1.93 bits per heavy atom. The zero-order chi connectivity index (χ0) is 20.3. The monoisotopic (exact) mass is 383 g/mol. The van der Waals surface area contributed by atoms with E-state index in [-0.39, 0.29) is 30.7 Å². The normalized spacial score (nSPS) is 16.3. The van der Waals surface area contributed by atoms with E-state index in [2.05, 4.69) is 10.6 Å². The standard InChI is InChI=1S/C21H25N3O4/c1-13-7-14(2)20(15(3)8-13)23-18(25)10-22-21(27)16-9-19(26)24(11-16)12-17-5-4-6-28-17/h4-8,16H,9-12H2,1-3H3,(H,22,27)(H,23,25). The maximum absolute atomic E-state index is 12.4. The number of hydrogen-bond acceptors (Lipinski definition) is 4. The molecule has 1 aliphatic heterocycles. The summed E-state index contributed by atoms with van der Waals surface area (Å²) in [5.41, 5.74) is 3.86. The molecule has 0 saturated carbocycles. The number of likely N-dealkylation sites (tertiary alicyclic amines) is 1. The first kappa shape index (κ1) is 19.7. The number of aryl methyl sites for hydroxylation is 3. The van der Waals surface area contributed by atoms with Crippen molar-refractivity contribution in [1.82, 2.24) is 10.2 Å². The molecule has 0 radical (unpaired) electrons. The highest BCUT2D eigenvalue weighted by Gasteiger charge is 2.34. The lowest BCUT2D eigenvalue weighted by Crippen LogP contribution is -2.38. The summed E-state index contributed by atoms with van der Waals surface area (Å²) in [6, 6.07) is 7.55. The van der Waals surface area contributed by atoms with Gasteiger partial charge in [-0.1, -0.05) is 17.7 Å². The quantitative estimate of drug-likeness (QED) is 0.801. The maximum Gasteiger partial charge on any atom is 0.243 e. The molecule has 3 amide bonds. The predicted octanol–water partition coefficient (Wildman–Crippen LogP) is 2.31. The van der Waals surface area contributed by atoms with Gasteiger partial charge in [0.05, 0.1) is 25.3 Å². The summed E-state index contributed by atoms with van der Waals surface area (Å²) in [5.74, 6) is -0.453. The maximum atomic E-state index is 12.4. The molecule has 0 bridgehead atoms. The Morgan fingerprint density at radius 3 is 2.57 bits per heavy atom. The third kappa shape index (κ3) is 4.60. The molecule has 1 atom stereocenters. The lowest BCUT2D eigenvalue weighted by atomic mass is 10.1. The highest BCUT2D eigenvalue weighted by atomic mass is 16.3. The largest absolute Gasteiger partial charge is 0.467 e. The average molecular weight is 383 g/mol. The first-order chi connectivity index (χ1) is 13.3. The number of nitrogens with zero attached hydrogens (tertiary/aromatic N) is 1. The van der Waals surface area contributed by atoms with Crippen molar-refractivity contribution in [2.75, 3.05) is 18.4 Å². The van der Waals surface area contributed by atoms with Gasteiger partial charge < -0.3 is 20.0 Å². The zero-order valence-electron chi connectivity index (χ0n) is 16.4. The molecule has 0 spiro atoms. The summed E-state index contributed by atoms with van der Waals surface area (Å²) in [4.78, 5) is 38.3. The lowest BCUT2D eigenvalue weighted by Gasteiger charge is -2.15. The molecule has 1 unspecified atom stereocenters. The minimum Gasteiger partial charge on any atom is -0.467 e. The van der Waals surface area contributed by atoms with Crippen molar-refractivity contribution in [3.05, 3.63) is 53.0 Å². The van der Waals surface area contributed by atoms with Crippen molar-refractivity contribution >= 4 is 23.4 Å². The predicted molar refractivity (Wildman–Crippen MR) is 105 cm³/mol. The number of anilines is 1. The second-order valence-corrected chi connectivity index (χ2v) is 7.29. The first-order valence-corrected chi connectivity index (χ1v) is 9.29. The Balaban J connectivity index is 1.50. The first-order valence-electron chi connectivity index (χ1n) is 9.29. The second-order valence-electron chi connectivity index (χ2n) is 7.29. The summed E-state index contributed by atoms with van der Waals surface area (Å²) in [6.45, 7) is 6.42. The Morgan fingerprint density at radius 1 is 1.21 bits per heavy atom. The van der Waals surface area contributed by atoms with Crippen LogP contribution in [0.3, 0.4) is 0 Å². The summed E-state index contributed by atoms with van der Waals surface area (Å²) < 4.78 is 5.25. The number of amides is 3. The minimum absolute atomic E-state index is 0.0908. The highest BCUT2D eigenvalue weighted by Crippen LogP contribution is 2.22. The fourth-order valence-corrected chi connectivity index (χ4v) is 3.56. The van der Waals surface area contributed by atoms with Crippen LogP contribution in [0.2, 0.25) is 0 Å². The Bertz CT molecular complexity index is 866. The zero-order valence-corrected chi connectivity index (χ0v) is 16.4. The van der Waals surface area contributed by atoms with Crippen molar-refractivity contribution < 1.29 is 18.8 Å². The number of hydrogen-bond donors (Lipinski definition) is 2. The van der Waals surface area contributed by atoms with Crippen LogP contribution < -0.4 is 10.6 Å². The molecule has 2 aromatic rings. The van der Waals surface area contributed by atoms with E-state index in [4.69, 9.17) is 4.42 Å². The smallest absolute Gasteiger partial charge is 0.243 e. The summed E-state index contributed by atoms with van der Waals surface area (Å²) in [5, 5.41) is 5.50. The molecule has 7 nitrogen and oxygen atoms in total. The molecule has 148 valence electrons. The van der Waals surface area contributed by atoms with Gasteiger partial charge >= 0.3 is 0 Å². The highest BCUT2D eigenvalue weighted by molar-refractivity contribution is 5.97. The van der Waals surface area contributed by atoms with Crippen molar-refractivity contribution in [1.29, 1.82) is 0 Å². The van der Waals surface area contributed by atoms with E-state index in [9.17, 15) is 14.4 Å². The van der Waals surface area contributed by atoms with E-state index in [0.717, 1.165) is 22.4 Å². The lowest BCUT2D eigenvalue weighted by molar-refractivity contribution is -0.129. The van der Waals surface area contributed by atoms with Crippen molar-refractivity contribution in [3.8, 4) is 0 Å². The molecule has 0 aliphatic carbocycles. The SMILES string of the molecule is Cc1cc(C)c(NC(=O)CNC(=O)C2CC(=O)N(Cc3ccco3)C2)c(C)c1. The van der Waals surface area contributed by atoms with E-state index in [0.29, 0.717) is 18.8 Å². The van der Waals surface area contributed by atoms with Crippen molar-refractivity contribution in [3.63, 3.8) is 0 Å². The second kappa shape index (κ2) is 8.29. The topological polar surface area (TPSA) is 91.7 Å². The molecular weight excluding hydrogens is 358 g/mol. The molecule has 3 rings (SSSR count). The van der Waals surface area contributed by atoms with E-state index in [1.807, 2.05) is 32.9 Å². The van der Waals surface area contributed by atoms with E-state index < -0.39 is 5.92 Å². The number of carbonyl (C=O) groups is 3. The fourth-order valence-electron chi connectivity index (χ4n) is 3.56. The molecule has 28 heavy (non-hydrogen) atoms. The van der Waals surface area contributed by atoms with Gasteiger partial charge in [-0.15, -0.1) is 0 Å². The van der Waals surface area contributed by atoms with Gasteiger partial charge in [-0.3, -0.25) is 14.4 Å². The van der Waals surface area contributed by atoms with Crippen LogP contribution in [-0.2, 0) is 20.9 Å². The van der Waals surface area contributed by atoms with Gasteiger partial charge in [0.15, 0.2) is 0 Å². The van der Waals surface area contributed by atoms with Crippen LogP contribution in [0.25, 0.3) is 0 Å². The Kier molecular flexibility index (Phi) is 5.82. The third-order valence-electron chi connectivity index (χ3n) is 4.88. The number of nitrogens with one attached hydrogen (secondary N) is 2.